The average molecular weight is 388 g/mol. The van der Waals surface area contributed by atoms with Crippen molar-refractivity contribution in [3.8, 4) is 11.5 Å². The first kappa shape index (κ1) is 19.0. The minimum atomic E-state index is -0.201. The van der Waals surface area contributed by atoms with Gasteiger partial charge in [-0.1, -0.05) is 72.8 Å². The number of para-hydroxylation sites is 2. The van der Waals surface area contributed by atoms with Crippen LogP contribution in [0.3, 0.4) is 0 Å². The Hall–Kier alpha value is -3.31. The molecular formula is C24H24N2O3. The second kappa shape index (κ2) is 9.26. The summed E-state index contributed by atoms with van der Waals surface area (Å²) in [6.45, 7) is 1.02. The summed E-state index contributed by atoms with van der Waals surface area (Å²) in [5, 5.41) is 6.31. The van der Waals surface area contributed by atoms with Crippen LogP contribution in [0.15, 0.2) is 84.9 Å². The second-order valence-electron chi connectivity index (χ2n) is 6.94. The monoisotopic (exact) mass is 388 g/mol. The lowest BCUT2D eigenvalue weighted by Crippen LogP contribution is -2.43. The Morgan fingerprint density at radius 2 is 1.45 bits per heavy atom. The topological polar surface area (TPSA) is 59.6 Å². The number of nitrogens with one attached hydrogen (secondary N) is 2. The highest BCUT2D eigenvalue weighted by atomic mass is 16.6. The van der Waals surface area contributed by atoms with Crippen LogP contribution < -0.4 is 20.1 Å². The third-order valence-electron chi connectivity index (χ3n) is 4.83. The van der Waals surface area contributed by atoms with Crippen LogP contribution in [0.2, 0.25) is 0 Å². The number of benzene rings is 3. The van der Waals surface area contributed by atoms with E-state index in [2.05, 4.69) is 34.9 Å². The zero-order valence-electron chi connectivity index (χ0n) is 16.1. The molecule has 148 valence electrons. The molecule has 29 heavy (non-hydrogen) atoms. The summed E-state index contributed by atoms with van der Waals surface area (Å²) < 4.78 is 11.6. The number of carbonyl (C=O) groups excluding carboxylic acids is 1. The van der Waals surface area contributed by atoms with Crippen molar-refractivity contribution in [2.45, 2.75) is 12.1 Å². The van der Waals surface area contributed by atoms with Crippen LogP contribution in [0.5, 0.6) is 11.5 Å². The van der Waals surface area contributed by atoms with Crippen LogP contribution in [0.4, 0.5) is 0 Å². The summed E-state index contributed by atoms with van der Waals surface area (Å²) in [6, 6.07) is 27.8. The number of ether oxygens (including phenoxy) is 2. The lowest BCUT2D eigenvalue weighted by atomic mass is 9.99. The molecular weight excluding hydrogens is 364 g/mol. The Bertz CT molecular complexity index is 892. The van der Waals surface area contributed by atoms with Gasteiger partial charge in [-0.15, -0.1) is 0 Å². The number of rotatable bonds is 7. The Morgan fingerprint density at radius 1 is 0.862 bits per heavy atom. The molecule has 2 N–H and O–H groups in total. The number of amides is 1. The fraction of sp³-hybridized carbons (Fsp3) is 0.208. The van der Waals surface area contributed by atoms with Gasteiger partial charge in [-0.2, -0.15) is 0 Å². The average Bonchev–Trinajstić information content (AvgIpc) is 2.79. The van der Waals surface area contributed by atoms with Crippen molar-refractivity contribution in [2.75, 3.05) is 19.7 Å². The molecule has 0 radical (unpaired) electrons. The fourth-order valence-electron chi connectivity index (χ4n) is 3.37. The highest BCUT2D eigenvalue weighted by Crippen LogP contribution is 2.30. The molecule has 5 heteroatoms. The van der Waals surface area contributed by atoms with Gasteiger partial charge in [-0.3, -0.25) is 10.1 Å². The van der Waals surface area contributed by atoms with E-state index in [9.17, 15) is 4.79 Å². The molecule has 0 fully saturated rings. The molecule has 1 unspecified atom stereocenters. The van der Waals surface area contributed by atoms with Crippen molar-refractivity contribution in [1.29, 1.82) is 0 Å². The van der Waals surface area contributed by atoms with E-state index in [1.165, 1.54) is 0 Å². The third kappa shape index (κ3) is 4.95. The molecule has 0 aliphatic carbocycles. The molecule has 1 amide bonds. The Kier molecular flexibility index (Phi) is 6.07. The van der Waals surface area contributed by atoms with Gasteiger partial charge >= 0.3 is 0 Å². The van der Waals surface area contributed by atoms with E-state index in [0.717, 1.165) is 16.9 Å². The van der Waals surface area contributed by atoms with Gasteiger partial charge in [0.2, 0.25) is 5.91 Å². The zero-order chi connectivity index (χ0) is 19.9. The van der Waals surface area contributed by atoms with Gasteiger partial charge in [0, 0.05) is 0 Å². The lowest BCUT2D eigenvalue weighted by molar-refractivity contribution is -0.120. The van der Waals surface area contributed by atoms with Crippen LogP contribution in [0, 0.1) is 0 Å². The quantitative estimate of drug-likeness (QED) is 0.652. The Labute approximate surface area is 170 Å². The predicted octanol–water partition coefficient (Wildman–Crippen LogP) is 3.32. The van der Waals surface area contributed by atoms with Gasteiger partial charge in [-0.25, -0.2) is 0 Å². The second-order valence-corrected chi connectivity index (χ2v) is 6.94. The van der Waals surface area contributed by atoms with E-state index in [4.69, 9.17) is 9.47 Å². The van der Waals surface area contributed by atoms with E-state index in [-0.39, 0.29) is 24.6 Å². The number of hydrogen-bond acceptors (Lipinski definition) is 4. The summed E-state index contributed by atoms with van der Waals surface area (Å²) in [6.07, 6.45) is -0.201. The minimum absolute atomic E-state index is 0.0516. The minimum Gasteiger partial charge on any atom is -0.486 e. The predicted molar refractivity (Wildman–Crippen MR) is 112 cm³/mol. The molecule has 1 aliphatic heterocycles. The molecule has 3 aromatic rings. The van der Waals surface area contributed by atoms with E-state index in [1.807, 2.05) is 60.7 Å². The summed E-state index contributed by atoms with van der Waals surface area (Å²) in [4.78, 5) is 12.4. The maximum absolute atomic E-state index is 12.4. The summed E-state index contributed by atoms with van der Waals surface area (Å²) in [7, 11) is 0. The first-order valence-electron chi connectivity index (χ1n) is 9.78. The van der Waals surface area contributed by atoms with E-state index < -0.39 is 0 Å². The molecule has 1 atom stereocenters. The van der Waals surface area contributed by atoms with Crippen molar-refractivity contribution in [2.24, 2.45) is 0 Å². The number of fused-ring (bicyclic) bond motifs is 1. The van der Waals surface area contributed by atoms with Gasteiger partial charge in [0.15, 0.2) is 11.5 Å². The lowest BCUT2D eigenvalue weighted by Gasteiger charge is -2.26. The third-order valence-corrected chi connectivity index (χ3v) is 4.83. The largest absolute Gasteiger partial charge is 0.486 e. The highest BCUT2D eigenvalue weighted by Gasteiger charge is 2.21. The van der Waals surface area contributed by atoms with E-state index in [0.29, 0.717) is 18.9 Å². The van der Waals surface area contributed by atoms with Gasteiger partial charge in [0.25, 0.3) is 0 Å². The van der Waals surface area contributed by atoms with Gasteiger partial charge in [0.05, 0.1) is 19.1 Å². The number of hydrogen-bond donors (Lipinski definition) is 2. The molecule has 3 aromatic carbocycles. The molecule has 0 spiro atoms. The van der Waals surface area contributed by atoms with E-state index in [1.54, 1.807) is 0 Å². The van der Waals surface area contributed by atoms with E-state index >= 15 is 0 Å². The molecule has 0 saturated carbocycles. The van der Waals surface area contributed by atoms with Crippen molar-refractivity contribution in [3.63, 3.8) is 0 Å². The van der Waals surface area contributed by atoms with Crippen LogP contribution in [-0.2, 0) is 4.79 Å². The van der Waals surface area contributed by atoms with Gasteiger partial charge in [-0.05, 0) is 23.3 Å². The maximum atomic E-state index is 12.4. The van der Waals surface area contributed by atoms with Gasteiger partial charge < -0.3 is 14.8 Å². The summed E-state index contributed by atoms with van der Waals surface area (Å²) in [5.74, 6) is 1.37. The van der Waals surface area contributed by atoms with Crippen LogP contribution >= 0.6 is 0 Å². The van der Waals surface area contributed by atoms with Crippen LogP contribution in [0.1, 0.15) is 17.2 Å². The van der Waals surface area contributed by atoms with Crippen molar-refractivity contribution >= 4 is 5.91 Å². The van der Waals surface area contributed by atoms with Gasteiger partial charge in [0.1, 0.15) is 12.7 Å². The smallest absolute Gasteiger partial charge is 0.234 e. The maximum Gasteiger partial charge on any atom is 0.234 e. The Morgan fingerprint density at radius 3 is 2.10 bits per heavy atom. The molecule has 0 aromatic heterocycles. The normalized spacial score (nSPS) is 15.1. The molecule has 0 bridgehead atoms. The highest BCUT2D eigenvalue weighted by molar-refractivity contribution is 5.78. The molecule has 4 rings (SSSR count). The Balaban J connectivity index is 1.32. The first-order valence-corrected chi connectivity index (χ1v) is 9.78. The zero-order valence-corrected chi connectivity index (χ0v) is 16.1. The standard InChI is InChI=1S/C24H24N2O3/c27-23(25-15-20-17-28-21-13-7-8-14-22(21)29-20)16-26-24(18-9-3-1-4-10-18)19-11-5-2-6-12-19/h1-14,20,24,26H,15-17H2,(H,25,27). The van der Waals surface area contributed by atoms with Crippen molar-refractivity contribution in [1.82, 2.24) is 10.6 Å². The van der Waals surface area contributed by atoms with Crippen molar-refractivity contribution < 1.29 is 14.3 Å². The molecule has 5 nitrogen and oxygen atoms in total. The molecule has 1 aliphatic rings. The number of carbonyl (C=O) groups is 1. The van der Waals surface area contributed by atoms with Crippen molar-refractivity contribution in [3.05, 3.63) is 96.1 Å². The SMILES string of the molecule is O=C(CNC(c1ccccc1)c1ccccc1)NCC1COc2ccccc2O1. The molecule has 1 heterocycles. The van der Waals surface area contributed by atoms with Crippen LogP contribution in [0.25, 0.3) is 0 Å². The summed E-state index contributed by atoms with van der Waals surface area (Å²) in [5.41, 5.74) is 2.24. The van der Waals surface area contributed by atoms with Crippen LogP contribution in [-0.4, -0.2) is 31.7 Å². The summed E-state index contributed by atoms with van der Waals surface area (Å²) >= 11 is 0. The molecule has 0 saturated heterocycles. The first-order chi connectivity index (χ1) is 14.3. The fourth-order valence-corrected chi connectivity index (χ4v) is 3.37.